The number of nitrogens with one attached hydrogen (secondary N) is 2. The molecule has 0 fully saturated rings. The summed E-state index contributed by atoms with van der Waals surface area (Å²) in [6.07, 6.45) is 3.03. The van der Waals surface area contributed by atoms with E-state index in [0.29, 0.717) is 17.1 Å². The Morgan fingerprint density at radius 3 is 2.63 bits per heavy atom. The molecule has 0 radical (unpaired) electrons. The van der Waals surface area contributed by atoms with Gasteiger partial charge >= 0.3 is 5.97 Å². The summed E-state index contributed by atoms with van der Waals surface area (Å²) in [7, 11) is 1.49. The third-order valence-corrected chi connectivity index (χ3v) is 3.29. The number of methoxy groups -OCH3 is 1. The number of carboxylic acids is 1. The Bertz CT molecular complexity index is 986. The van der Waals surface area contributed by atoms with E-state index in [0.717, 1.165) is 0 Å². The molecule has 0 amide bonds. The molecule has 2 aromatic rings. The van der Waals surface area contributed by atoms with Gasteiger partial charge in [-0.3, -0.25) is 9.78 Å². The molecule has 9 heteroatoms. The van der Waals surface area contributed by atoms with Gasteiger partial charge in [-0.1, -0.05) is 13.8 Å². The van der Waals surface area contributed by atoms with Crippen LogP contribution in [0, 0.1) is 16.1 Å². The SMILES string of the molecule is CC.COc1ccc(OCC(=O)O)c(/C=C/c2[nH]c(=S)[nH]c(=O)c2C#N)c1. The lowest BCUT2D eigenvalue weighted by Crippen LogP contribution is -2.13. The maximum atomic E-state index is 11.7. The summed E-state index contributed by atoms with van der Waals surface area (Å²) < 4.78 is 10.4. The molecule has 1 aromatic carbocycles. The van der Waals surface area contributed by atoms with Crippen LogP contribution >= 0.6 is 12.2 Å². The van der Waals surface area contributed by atoms with Gasteiger partial charge in [-0.05, 0) is 42.6 Å². The van der Waals surface area contributed by atoms with Crippen LogP contribution < -0.4 is 15.0 Å². The number of carboxylic acid groups (broad SMARTS) is 1. The molecule has 1 aromatic heterocycles. The van der Waals surface area contributed by atoms with Crippen molar-refractivity contribution in [2.45, 2.75) is 13.8 Å². The molecule has 27 heavy (non-hydrogen) atoms. The number of rotatable bonds is 6. The molecule has 0 saturated heterocycles. The van der Waals surface area contributed by atoms with Gasteiger partial charge in [0.25, 0.3) is 5.56 Å². The van der Waals surface area contributed by atoms with E-state index < -0.39 is 18.1 Å². The lowest BCUT2D eigenvalue weighted by molar-refractivity contribution is -0.139. The summed E-state index contributed by atoms with van der Waals surface area (Å²) >= 11 is 4.90. The van der Waals surface area contributed by atoms with Gasteiger partial charge < -0.3 is 19.6 Å². The zero-order chi connectivity index (χ0) is 20.4. The van der Waals surface area contributed by atoms with Gasteiger partial charge in [-0.25, -0.2) is 4.79 Å². The number of benzene rings is 1. The maximum absolute atomic E-state index is 11.7. The Kier molecular flexibility index (Phi) is 8.48. The quantitative estimate of drug-likeness (QED) is 0.648. The Hall–Kier alpha value is -3.38. The molecule has 0 saturated carbocycles. The van der Waals surface area contributed by atoms with E-state index in [1.54, 1.807) is 30.3 Å². The highest BCUT2D eigenvalue weighted by Gasteiger charge is 2.08. The van der Waals surface area contributed by atoms with Crippen LogP contribution in [0.2, 0.25) is 0 Å². The van der Waals surface area contributed by atoms with Crippen molar-refractivity contribution in [3.8, 4) is 17.6 Å². The Morgan fingerprint density at radius 1 is 1.33 bits per heavy atom. The normalized spacial score (nSPS) is 9.85. The van der Waals surface area contributed by atoms with Gasteiger partial charge in [0.1, 0.15) is 23.1 Å². The van der Waals surface area contributed by atoms with Gasteiger partial charge in [0.2, 0.25) is 0 Å². The third kappa shape index (κ3) is 6.13. The molecular formula is C18H19N3O5S. The average molecular weight is 389 g/mol. The van der Waals surface area contributed by atoms with Crippen molar-refractivity contribution in [2.24, 2.45) is 0 Å². The number of aromatic amines is 2. The van der Waals surface area contributed by atoms with Crippen LogP contribution in [0.4, 0.5) is 0 Å². The first-order valence-electron chi connectivity index (χ1n) is 7.92. The molecule has 3 N–H and O–H groups in total. The number of nitrogens with zero attached hydrogens (tertiary/aromatic N) is 1. The largest absolute Gasteiger partial charge is 0.497 e. The molecule has 0 bridgehead atoms. The third-order valence-electron chi connectivity index (χ3n) is 3.08. The number of aliphatic carboxylic acids is 1. The molecule has 0 unspecified atom stereocenters. The van der Waals surface area contributed by atoms with E-state index in [1.165, 1.54) is 13.2 Å². The summed E-state index contributed by atoms with van der Waals surface area (Å²) in [5, 5.41) is 17.8. The van der Waals surface area contributed by atoms with Crippen molar-refractivity contribution in [2.75, 3.05) is 13.7 Å². The summed E-state index contributed by atoms with van der Waals surface area (Å²) in [6, 6.07) is 6.61. The molecule has 0 aliphatic carbocycles. The van der Waals surface area contributed by atoms with Crippen LogP contribution in [0.5, 0.6) is 11.5 Å². The minimum atomic E-state index is -1.11. The number of carbonyl (C=O) groups is 1. The highest BCUT2D eigenvalue weighted by atomic mass is 32.1. The first-order chi connectivity index (χ1) is 12.9. The minimum absolute atomic E-state index is 0.0802. The van der Waals surface area contributed by atoms with Crippen molar-refractivity contribution in [3.05, 3.63) is 50.1 Å². The van der Waals surface area contributed by atoms with Gasteiger partial charge in [-0.2, -0.15) is 5.26 Å². The van der Waals surface area contributed by atoms with E-state index in [9.17, 15) is 9.59 Å². The molecule has 1 heterocycles. The summed E-state index contributed by atoms with van der Waals surface area (Å²) in [5.74, 6) is -0.278. The molecular weight excluding hydrogens is 370 g/mol. The van der Waals surface area contributed by atoms with E-state index in [-0.39, 0.29) is 16.0 Å². The van der Waals surface area contributed by atoms with Crippen LogP contribution in [0.3, 0.4) is 0 Å². The van der Waals surface area contributed by atoms with Crippen LogP contribution in [0.25, 0.3) is 12.2 Å². The van der Waals surface area contributed by atoms with Gasteiger partial charge in [-0.15, -0.1) is 0 Å². The van der Waals surface area contributed by atoms with Crippen LogP contribution in [0.1, 0.15) is 30.7 Å². The highest BCUT2D eigenvalue weighted by Crippen LogP contribution is 2.26. The lowest BCUT2D eigenvalue weighted by Gasteiger charge is -2.09. The number of ether oxygens (including phenoxy) is 2. The van der Waals surface area contributed by atoms with Gasteiger partial charge in [0.15, 0.2) is 11.4 Å². The van der Waals surface area contributed by atoms with Crippen LogP contribution in [0.15, 0.2) is 23.0 Å². The van der Waals surface area contributed by atoms with Crippen molar-refractivity contribution in [1.82, 2.24) is 9.97 Å². The van der Waals surface area contributed by atoms with Crippen LogP contribution in [-0.2, 0) is 4.79 Å². The zero-order valence-corrected chi connectivity index (χ0v) is 15.8. The lowest BCUT2D eigenvalue weighted by atomic mass is 10.1. The monoisotopic (exact) mass is 389 g/mol. The average Bonchev–Trinajstić information content (AvgIpc) is 2.66. The number of hydrogen-bond acceptors (Lipinski definition) is 6. The van der Waals surface area contributed by atoms with E-state index in [4.69, 9.17) is 32.1 Å². The Balaban J connectivity index is 0.00000176. The second kappa shape index (κ2) is 10.6. The number of hydrogen-bond donors (Lipinski definition) is 3. The van der Waals surface area contributed by atoms with E-state index in [1.807, 2.05) is 13.8 Å². The summed E-state index contributed by atoms with van der Waals surface area (Å²) in [5.41, 5.74) is 0.00647. The second-order valence-electron chi connectivity index (χ2n) is 4.73. The Morgan fingerprint density at radius 2 is 2.04 bits per heavy atom. The predicted molar refractivity (Wildman–Crippen MR) is 103 cm³/mol. The molecule has 0 atom stereocenters. The fourth-order valence-corrected chi connectivity index (χ4v) is 2.17. The highest BCUT2D eigenvalue weighted by molar-refractivity contribution is 7.71. The van der Waals surface area contributed by atoms with E-state index >= 15 is 0 Å². The van der Waals surface area contributed by atoms with Crippen molar-refractivity contribution in [3.63, 3.8) is 0 Å². The number of nitriles is 1. The molecule has 0 spiro atoms. The topological polar surface area (TPSA) is 128 Å². The molecule has 8 nitrogen and oxygen atoms in total. The number of H-pyrrole nitrogens is 2. The summed E-state index contributed by atoms with van der Waals surface area (Å²) in [6.45, 7) is 3.49. The Labute approximate surface area is 160 Å². The fraction of sp³-hybridized carbons (Fsp3) is 0.222. The van der Waals surface area contributed by atoms with Crippen molar-refractivity contribution in [1.29, 1.82) is 5.26 Å². The van der Waals surface area contributed by atoms with E-state index in [2.05, 4.69) is 9.97 Å². The van der Waals surface area contributed by atoms with Crippen LogP contribution in [-0.4, -0.2) is 34.8 Å². The first kappa shape index (κ1) is 21.7. The molecule has 0 aliphatic rings. The fourth-order valence-electron chi connectivity index (χ4n) is 1.97. The van der Waals surface area contributed by atoms with Gasteiger partial charge in [0.05, 0.1) is 12.8 Å². The summed E-state index contributed by atoms with van der Waals surface area (Å²) in [4.78, 5) is 27.5. The molecule has 142 valence electrons. The minimum Gasteiger partial charge on any atom is -0.497 e. The second-order valence-corrected chi connectivity index (χ2v) is 5.14. The molecule has 2 rings (SSSR count). The first-order valence-corrected chi connectivity index (χ1v) is 8.33. The number of aromatic nitrogens is 2. The molecule has 0 aliphatic heterocycles. The van der Waals surface area contributed by atoms with Crippen molar-refractivity contribution < 1.29 is 19.4 Å². The van der Waals surface area contributed by atoms with Crippen molar-refractivity contribution >= 4 is 30.3 Å². The standard InChI is InChI=1S/C16H13N3O5S.C2H6/c1-23-10-3-5-13(24-8-14(20)21)9(6-10)2-4-12-11(7-17)15(22)19-16(25)18-12;1-2/h2-6H,8H2,1H3,(H,20,21)(H2,18,19,22,25);1-2H3/b4-2+;. The predicted octanol–water partition coefficient (Wildman–Crippen LogP) is 2.97. The smallest absolute Gasteiger partial charge is 0.341 e. The van der Waals surface area contributed by atoms with Gasteiger partial charge in [0, 0.05) is 5.56 Å². The zero-order valence-electron chi connectivity index (χ0n) is 15.0. The maximum Gasteiger partial charge on any atom is 0.341 e.